The Kier molecular flexibility index (Phi) is 2.45. The van der Waals surface area contributed by atoms with Crippen molar-refractivity contribution < 1.29 is 4.39 Å². The maximum Gasteiger partial charge on any atom is 0.107 e. The monoisotopic (exact) mass is 195 g/mol. The van der Waals surface area contributed by atoms with Gasteiger partial charge >= 0.3 is 0 Å². The second-order valence-corrected chi connectivity index (χ2v) is 3.74. The number of fused-ring (bicyclic) bond motifs is 1. The van der Waals surface area contributed by atoms with Crippen LogP contribution in [0.25, 0.3) is 10.1 Å². The van der Waals surface area contributed by atoms with Crippen LogP contribution in [0.15, 0.2) is 29.6 Å². The summed E-state index contributed by atoms with van der Waals surface area (Å²) in [6.07, 6.45) is 0. The van der Waals surface area contributed by atoms with Crippen molar-refractivity contribution in [1.82, 2.24) is 0 Å². The number of alkyl halides is 1. The first-order chi connectivity index (χ1) is 6.40. The Bertz CT molecular complexity index is 396. The molecule has 0 atom stereocenters. The topological polar surface area (TPSA) is 12.0 Å². The lowest BCUT2D eigenvalue weighted by Gasteiger charge is -2.02. The molecule has 3 heteroatoms. The van der Waals surface area contributed by atoms with E-state index in [1.807, 2.05) is 12.1 Å². The Morgan fingerprint density at radius 1 is 1.31 bits per heavy atom. The zero-order chi connectivity index (χ0) is 9.10. The summed E-state index contributed by atoms with van der Waals surface area (Å²) in [5, 5.41) is 6.28. The van der Waals surface area contributed by atoms with Gasteiger partial charge in [0.25, 0.3) is 0 Å². The van der Waals surface area contributed by atoms with E-state index in [4.69, 9.17) is 0 Å². The van der Waals surface area contributed by atoms with Gasteiger partial charge in [-0.1, -0.05) is 0 Å². The second kappa shape index (κ2) is 3.75. The molecule has 0 aliphatic carbocycles. The molecule has 68 valence electrons. The van der Waals surface area contributed by atoms with Gasteiger partial charge in [-0.15, -0.1) is 11.3 Å². The summed E-state index contributed by atoms with van der Waals surface area (Å²) in [5.74, 6) is 0. The quantitative estimate of drug-likeness (QED) is 0.792. The van der Waals surface area contributed by atoms with E-state index in [-0.39, 0.29) is 6.67 Å². The zero-order valence-corrected chi connectivity index (χ0v) is 7.90. The highest BCUT2D eigenvalue weighted by molar-refractivity contribution is 7.17. The van der Waals surface area contributed by atoms with Crippen molar-refractivity contribution in [1.29, 1.82) is 0 Å². The molecule has 0 bridgehead atoms. The Balaban J connectivity index is 2.26. The van der Waals surface area contributed by atoms with Crippen molar-refractivity contribution in [2.24, 2.45) is 0 Å². The van der Waals surface area contributed by atoms with Gasteiger partial charge < -0.3 is 5.32 Å². The van der Waals surface area contributed by atoms with Crippen LogP contribution < -0.4 is 5.32 Å². The zero-order valence-electron chi connectivity index (χ0n) is 7.09. The lowest BCUT2D eigenvalue weighted by molar-refractivity contribution is 0.513. The van der Waals surface area contributed by atoms with Crippen molar-refractivity contribution in [2.75, 3.05) is 18.5 Å². The molecule has 13 heavy (non-hydrogen) atoms. The van der Waals surface area contributed by atoms with Crippen LogP contribution in [-0.2, 0) is 0 Å². The lowest BCUT2D eigenvalue weighted by atomic mass is 10.2. The van der Waals surface area contributed by atoms with Crippen molar-refractivity contribution >= 4 is 27.1 Å². The first kappa shape index (κ1) is 8.51. The highest BCUT2D eigenvalue weighted by Crippen LogP contribution is 2.23. The number of anilines is 1. The van der Waals surface area contributed by atoms with Crippen LogP contribution in [-0.4, -0.2) is 13.2 Å². The number of rotatable bonds is 3. The average Bonchev–Trinajstić information content (AvgIpc) is 2.61. The normalized spacial score (nSPS) is 10.5. The average molecular weight is 195 g/mol. The molecule has 1 aromatic heterocycles. The van der Waals surface area contributed by atoms with E-state index in [0.717, 1.165) is 5.69 Å². The number of nitrogens with one attached hydrogen (secondary N) is 1. The first-order valence-corrected chi connectivity index (χ1v) is 5.05. The summed E-state index contributed by atoms with van der Waals surface area (Å²) in [4.78, 5) is 0. The Hall–Kier alpha value is -1.09. The number of halogens is 1. The fourth-order valence-corrected chi connectivity index (χ4v) is 2.04. The largest absolute Gasteiger partial charge is 0.382 e. The number of thiophene rings is 1. The standard InChI is InChI=1S/C10H10FNS/c11-4-5-12-9-1-2-10-8(7-9)3-6-13-10/h1-3,6-7,12H,4-5H2. The molecule has 1 aromatic carbocycles. The van der Waals surface area contributed by atoms with E-state index in [9.17, 15) is 4.39 Å². The molecular weight excluding hydrogens is 185 g/mol. The highest BCUT2D eigenvalue weighted by Gasteiger charge is 1.96. The molecule has 0 unspecified atom stereocenters. The SMILES string of the molecule is FCCNc1ccc2sccc2c1. The number of benzene rings is 1. The maximum atomic E-state index is 11.9. The fraction of sp³-hybridized carbons (Fsp3) is 0.200. The fourth-order valence-electron chi connectivity index (χ4n) is 1.27. The molecule has 0 fully saturated rings. The van der Waals surface area contributed by atoms with Gasteiger partial charge in [0.15, 0.2) is 0 Å². The molecule has 0 saturated heterocycles. The van der Waals surface area contributed by atoms with Crippen molar-refractivity contribution in [3.8, 4) is 0 Å². The lowest BCUT2D eigenvalue weighted by Crippen LogP contribution is -2.02. The van der Waals surface area contributed by atoms with Crippen LogP contribution in [0.5, 0.6) is 0 Å². The van der Waals surface area contributed by atoms with E-state index >= 15 is 0 Å². The van der Waals surface area contributed by atoms with Gasteiger partial charge in [0.2, 0.25) is 0 Å². The van der Waals surface area contributed by atoms with Crippen LogP contribution in [0.3, 0.4) is 0 Å². The van der Waals surface area contributed by atoms with Crippen LogP contribution in [0.4, 0.5) is 10.1 Å². The Morgan fingerprint density at radius 3 is 3.08 bits per heavy atom. The molecule has 2 aromatic rings. The summed E-state index contributed by atoms with van der Waals surface area (Å²) >= 11 is 1.72. The summed E-state index contributed by atoms with van der Waals surface area (Å²) in [6, 6.07) is 8.15. The molecule has 1 N–H and O–H groups in total. The minimum atomic E-state index is -0.332. The van der Waals surface area contributed by atoms with Gasteiger partial charge in [0.05, 0.1) is 0 Å². The van der Waals surface area contributed by atoms with Crippen LogP contribution >= 0.6 is 11.3 Å². The molecular formula is C10H10FNS. The summed E-state index contributed by atoms with van der Waals surface area (Å²) < 4.78 is 13.1. The van der Waals surface area contributed by atoms with Crippen LogP contribution in [0, 0.1) is 0 Å². The van der Waals surface area contributed by atoms with Gasteiger partial charge in [-0.25, -0.2) is 4.39 Å². The van der Waals surface area contributed by atoms with Gasteiger partial charge in [-0.3, -0.25) is 0 Å². The van der Waals surface area contributed by atoms with Gasteiger partial charge in [0.1, 0.15) is 6.67 Å². The minimum absolute atomic E-state index is 0.332. The third kappa shape index (κ3) is 1.80. The predicted molar refractivity (Wildman–Crippen MR) is 56.3 cm³/mol. The number of hydrogen-bond donors (Lipinski definition) is 1. The molecule has 0 aliphatic rings. The molecule has 0 aliphatic heterocycles. The molecule has 0 amide bonds. The van der Waals surface area contributed by atoms with Gasteiger partial charge in [-0.2, -0.15) is 0 Å². The predicted octanol–water partition coefficient (Wildman–Crippen LogP) is 3.28. The van der Waals surface area contributed by atoms with Crippen LogP contribution in [0.2, 0.25) is 0 Å². The third-order valence-electron chi connectivity index (χ3n) is 1.88. The van der Waals surface area contributed by atoms with Gasteiger partial charge in [0, 0.05) is 16.9 Å². The second-order valence-electron chi connectivity index (χ2n) is 2.79. The van der Waals surface area contributed by atoms with E-state index in [1.54, 1.807) is 11.3 Å². The Labute approximate surface area is 80.2 Å². The number of hydrogen-bond acceptors (Lipinski definition) is 2. The molecule has 1 nitrogen and oxygen atoms in total. The molecule has 2 rings (SSSR count). The van der Waals surface area contributed by atoms with E-state index in [0.29, 0.717) is 6.54 Å². The molecule has 1 heterocycles. The van der Waals surface area contributed by atoms with E-state index in [1.165, 1.54) is 10.1 Å². The van der Waals surface area contributed by atoms with E-state index in [2.05, 4.69) is 22.8 Å². The van der Waals surface area contributed by atoms with Crippen molar-refractivity contribution in [2.45, 2.75) is 0 Å². The molecule has 0 spiro atoms. The van der Waals surface area contributed by atoms with Crippen LogP contribution in [0.1, 0.15) is 0 Å². The van der Waals surface area contributed by atoms with E-state index < -0.39 is 0 Å². The minimum Gasteiger partial charge on any atom is -0.382 e. The highest BCUT2D eigenvalue weighted by atomic mass is 32.1. The Morgan fingerprint density at radius 2 is 2.23 bits per heavy atom. The smallest absolute Gasteiger partial charge is 0.107 e. The summed E-state index contributed by atoms with van der Waals surface area (Å²) in [6.45, 7) is 0.0529. The summed E-state index contributed by atoms with van der Waals surface area (Å²) in [5.41, 5.74) is 0.989. The molecule has 0 saturated carbocycles. The van der Waals surface area contributed by atoms with Crippen molar-refractivity contribution in [3.63, 3.8) is 0 Å². The molecule has 0 radical (unpaired) electrons. The van der Waals surface area contributed by atoms with Gasteiger partial charge in [-0.05, 0) is 35.0 Å². The van der Waals surface area contributed by atoms with Crippen molar-refractivity contribution in [3.05, 3.63) is 29.6 Å². The summed E-state index contributed by atoms with van der Waals surface area (Å²) in [7, 11) is 0. The first-order valence-electron chi connectivity index (χ1n) is 4.17. The third-order valence-corrected chi connectivity index (χ3v) is 2.77. The maximum absolute atomic E-state index is 11.9.